The summed E-state index contributed by atoms with van der Waals surface area (Å²) in [6, 6.07) is 21.5. The van der Waals surface area contributed by atoms with Crippen molar-refractivity contribution in [2.75, 3.05) is 0 Å². The highest BCUT2D eigenvalue weighted by molar-refractivity contribution is 6.29. The number of pyridine rings is 1. The van der Waals surface area contributed by atoms with Gasteiger partial charge in [0.1, 0.15) is 59.7 Å². The van der Waals surface area contributed by atoms with Crippen LogP contribution in [0, 0.1) is 90.6 Å². The molecule has 0 atom stereocenters. The van der Waals surface area contributed by atoms with Crippen molar-refractivity contribution >= 4 is 33.4 Å². The van der Waals surface area contributed by atoms with Crippen LogP contribution in [0.15, 0.2) is 54.0 Å². The van der Waals surface area contributed by atoms with E-state index in [4.69, 9.17) is 5.26 Å². The van der Waals surface area contributed by atoms with E-state index in [1.807, 2.05) is 36.4 Å². The topological polar surface area (TPSA) is 229 Å². The standard InChI is InChI=1S/C31H7N11/c32-5-16-1-2-26(40-13-16)29-24(11-38)20-3-23-21(4-22(20)27(29)18(7-34)8-35)25(12-39)30(28(23)19(9-36)10-37)31-41-14-17(6-33)15-42-31/h1-4,13-15H. The highest BCUT2D eigenvalue weighted by Gasteiger charge is 2.38. The van der Waals surface area contributed by atoms with Gasteiger partial charge < -0.3 is 0 Å². The SMILES string of the molecule is N#CC(C#N)=C1C(c2ccc(C#N)cn2)=C(C#N)c2cc3c(cc21)C(C#N)=C(c1ncc(C#N)cn1)C3=C(C#N)C#N. The van der Waals surface area contributed by atoms with Crippen LogP contribution in [0.4, 0.5) is 0 Å². The molecule has 0 aliphatic heterocycles. The van der Waals surface area contributed by atoms with E-state index in [0.717, 1.165) is 0 Å². The van der Waals surface area contributed by atoms with Crippen LogP contribution in [0.5, 0.6) is 0 Å². The van der Waals surface area contributed by atoms with Gasteiger partial charge in [-0.05, 0) is 35.4 Å². The number of hydrogen-bond acceptors (Lipinski definition) is 11. The number of nitrogens with zero attached hydrogens (tertiary/aromatic N) is 11. The van der Waals surface area contributed by atoms with E-state index in [2.05, 4.69) is 27.1 Å². The lowest BCUT2D eigenvalue weighted by molar-refractivity contribution is 1.11. The number of benzene rings is 1. The molecule has 0 amide bonds. The summed E-state index contributed by atoms with van der Waals surface area (Å²) in [5, 5.41) is 78.2. The largest absolute Gasteiger partial charge is 0.255 e. The van der Waals surface area contributed by atoms with Crippen LogP contribution in [0.25, 0.3) is 33.4 Å². The zero-order valence-corrected chi connectivity index (χ0v) is 21.0. The van der Waals surface area contributed by atoms with Gasteiger partial charge in [0.25, 0.3) is 0 Å². The Balaban J connectivity index is 1.90. The molecule has 0 spiro atoms. The van der Waals surface area contributed by atoms with Crippen LogP contribution in [0.2, 0.25) is 0 Å². The summed E-state index contributed by atoms with van der Waals surface area (Å²) in [5.74, 6) is -0.0102. The van der Waals surface area contributed by atoms with Crippen molar-refractivity contribution in [3.8, 4) is 48.6 Å². The first kappa shape index (κ1) is 26.0. The molecule has 2 heterocycles. The molecule has 2 aliphatic carbocycles. The first-order chi connectivity index (χ1) is 20.5. The van der Waals surface area contributed by atoms with Crippen molar-refractivity contribution in [2.24, 2.45) is 0 Å². The second-order valence-corrected chi connectivity index (χ2v) is 8.57. The number of fused-ring (bicyclic) bond motifs is 2. The van der Waals surface area contributed by atoms with Crippen molar-refractivity contribution in [3.63, 3.8) is 0 Å². The molecule has 0 radical (unpaired) electrons. The molecule has 3 aromatic rings. The van der Waals surface area contributed by atoms with Gasteiger partial charge in [0.05, 0.1) is 28.0 Å². The zero-order chi connectivity index (χ0) is 30.0. The molecule has 0 fully saturated rings. The predicted molar refractivity (Wildman–Crippen MR) is 143 cm³/mol. The first-order valence-electron chi connectivity index (χ1n) is 11.7. The smallest absolute Gasteiger partial charge is 0.161 e. The predicted octanol–water partition coefficient (Wildman–Crippen LogP) is 4.11. The molecule has 0 unspecified atom stereocenters. The van der Waals surface area contributed by atoms with Crippen LogP contribution < -0.4 is 0 Å². The van der Waals surface area contributed by atoms with E-state index in [1.165, 1.54) is 42.9 Å². The molecule has 11 heteroatoms. The Kier molecular flexibility index (Phi) is 6.33. The summed E-state index contributed by atoms with van der Waals surface area (Å²) < 4.78 is 0. The van der Waals surface area contributed by atoms with Crippen molar-refractivity contribution in [2.45, 2.75) is 0 Å². The van der Waals surface area contributed by atoms with E-state index in [0.29, 0.717) is 0 Å². The number of allylic oxidation sites excluding steroid dienone is 8. The summed E-state index contributed by atoms with van der Waals surface area (Å²) >= 11 is 0. The summed E-state index contributed by atoms with van der Waals surface area (Å²) in [5.41, 5.74) is 1.58. The third kappa shape index (κ3) is 3.72. The van der Waals surface area contributed by atoms with Gasteiger partial charge in [0.2, 0.25) is 0 Å². The number of nitriles is 8. The Hall–Kier alpha value is -7.67. The van der Waals surface area contributed by atoms with E-state index in [1.54, 1.807) is 0 Å². The third-order valence-electron chi connectivity index (χ3n) is 6.56. The summed E-state index contributed by atoms with van der Waals surface area (Å²) in [6.45, 7) is 0. The van der Waals surface area contributed by atoms with Crippen LogP contribution >= 0.6 is 0 Å². The first-order valence-corrected chi connectivity index (χ1v) is 11.7. The molecule has 11 nitrogen and oxygen atoms in total. The fraction of sp³-hybridized carbons (Fsp3) is 0. The fourth-order valence-electron chi connectivity index (χ4n) is 4.84. The molecule has 2 aromatic heterocycles. The van der Waals surface area contributed by atoms with Gasteiger partial charge in [-0.25, -0.2) is 9.97 Å². The molecule has 2 aliphatic rings. The van der Waals surface area contributed by atoms with Crippen LogP contribution in [0.3, 0.4) is 0 Å². The number of hydrogen-bond donors (Lipinski definition) is 0. The molecule has 5 rings (SSSR count). The molecule has 0 N–H and O–H groups in total. The van der Waals surface area contributed by atoms with Crippen molar-refractivity contribution in [3.05, 3.63) is 98.9 Å². The van der Waals surface area contributed by atoms with Gasteiger partial charge in [-0.15, -0.1) is 0 Å². The zero-order valence-electron chi connectivity index (χ0n) is 21.0. The molecular formula is C31H7N11. The van der Waals surface area contributed by atoms with Crippen molar-refractivity contribution in [1.82, 2.24) is 15.0 Å². The summed E-state index contributed by atoms with van der Waals surface area (Å²) in [7, 11) is 0. The maximum atomic E-state index is 10.3. The molecule has 42 heavy (non-hydrogen) atoms. The Labute approximate surface area is 237 Å². The number of rotatable bonds is 2. The van der Waals surface area contributed by atoms with Crippen molar-refractivity contribution < 1.29 is 0 Å². The maximum Gasteiger partial charge on any atom is 0.161 e. The van der Waals surface area contributed by atoms with Crippen LogP contribution in [-0.2, 0) is 0 Å². The van der Waals surface area contributed by atoms with Crippen LogP contribution in [0.1, 0.15) is 44.9 Å². The number of aromatic nitrogens is 3. The minimum Gasteiger partial charge on any atom is -0.255 e. The van der Waals surface area contributed by atoms with Gasteiger partial charge in [0.15, 0.2) is 5.82 Å². The van der Waals surface area contributed by atoms with E-state index >= 15 is 0 Å². The van der Waals surface area contributed by atoms with Gasteiger partial charge in [-0.2, -0.15) is 42.1 Å². The molecule has 1 aromatic carbocycles. The normalized spacial score (nSPS) is 12.3. The van der Waals surface area contributed by atoms with E-state index in [-0.39, 0.29) is 89.5 Å². The van der Waals surface area contributed by atoms with Crippen LogP contribution in [-0.4, -0.2) is 15.0 Å². The molecule has 0 bridgehead atoms. The molecule has 186 valence electrons. The summed E-state index contributed by atoms with van der Waals surface area (Å²) in [4.78, 5) is 12.6. The van der Waals surface area contributed by atoms with Crippen molar-refractivity contribution in [1.29, 1.82) is 42.1 Å². The Bertz CT molecular complexity index is 2050. The highest BCUT2D eigenvalue weighted by atomic mass is 14.9. The Morgan fingerprint density at radius 3 is 1.40 bits per heavy atom. The van der Waals surface area contributed by atoms with E-state index in [9.17, 15) is 36.8 Å². The fourth-order valence-corrected chi connectivity index (χ4v) is 4.84. The van der Waals surface area contributed by atoms with Gasteiger partial charge in [-0.1, -0.05) is 0 Å². The molecule has 0 saturated carbocycles. The second-order valence-electron chi connectivity index (χ2n) is 8.57. The highest BCUT2D eigenvalue weighted by Crippen LogP contribution is 2.53. The third-order valence-corrected chi connectivity index (χ3v) is 6.56. The quantitative estimate of drug-likeness (QED) is 0.425. The second kappa shape index (κ2) is 10.2. The monoisotopic (exact) mass is 533 g/mol. The average Bonchev–Trinajstić information content (AvgIpc) is 3.53. The lowest BCUT2D eigenvalue weighted by Gasteiger charge is -2.10. The average molecular weight is 533 g/mol. The maximum absolute atomic E-state index is 10.3. The summed E-state index contributed by atoms with van der Waals surface area (Å²) in [6.07, 6.45) is 3.77. The van der Waals surface area contributed by atoms with Gasteiger partial charge >= 0.3 is 0 Å². The Morgan fingerprint density at radius 2 is 0.976 bits per heavy atom. The lowest BCUT2D eigenvalue weighted by Crippen LogP contribution is -1.98. The van der Waals surface area contributed by atoms with Gasteiger partial charge in [-0.3, -0.25) is 4.98 Å². The minimum atomic E-state index is -0.343. The molecule has 0 saturated heterocycles. The molecular weight excluding hydrogens is 526 g/mol. The lowest BCUT2D eigenvalue weighted by atomic mass is 9.91. The van der Waals surface area contributed by atoms with E-state index < -0.39 is 0 Å². The van der Waals surface area contributed by atoms with Gasteiger partial charge in [0, 0.05) is 52.0 Å². The Morgan fingerprint density at radius 1 is 0.500 bits per heavy atom. The minimum absolute atomic E-state index is 0.00813.